The number of likely N-dealkylation sites (N-methyl/N-ethyl adjacent to an activating group) is 1. The standard InChI is InChI=1S/C22H31N7O3/c1-26-11-13-28(14-12-26)18-5-3-16(4-6-18)24-22-23-15-20(29(31)32)21(25-22)27(2)17-7-9-19(30)10-8-17/h3-6,15,17,19,30H,7-14H2,1-2H3,(H,23,24,25)/t17-,19-. The number of aromatic nitrogens is 2. The number of aliphatic hydroxyl groups excluding tert-OH is 1. The Morgan fingerprint density at radius 3 is 2.41 bits per heavy atom. The quantitative estimate of drug-likeness (QED) is 0.516. The molecule has 172 valence electrons. The van der Waals surface area contributed by atoms with Gasteiger partial charge in [0.25, 0.3) is 0 Å². The van der Waals surface area contributed by atoms with Gasteiger partial charge in [0.1, 0.15) is 6.20 Å². The summed E-state index contributed by atoms with van der Waals surface area (Å²) < 4.78 is 0. The van der Waals surface area contributed by atoms with Gasteiger partial charge in [-0.15, -0.1) is 0 Å². The first-order valence-electron chi connectivity index (χ1n) is 11.1. The molecule has 0 bridgehead atoms. The van der Waals surface area contributed by atoms with Crippen LogP contribution in [0.25, 0.3) is 0 Å². The van der Waals surface area contributed by atoms with E-state index in [1.807, 2.05) is 24.1 Å². The summed E-state index contributed by atoms with van der Waals surface area (Å²) in [5.41, 5.74) is 1.88. The van der Waals surface area contributed by atoms with Crippen molar-refractivity contribution in [1.82, 2.24) is 14.9 Å². The average Bonchev–Trinajstić information content (AvgIpc) is 2.80. The Morgan fingerprint density at radius 1 is 1.12 bits per heavy atom. The van der Waals surface area contributed by atoms with Gasteiger partial charge in [-0.2, -0.15) is 4.98 Å². The zero-order valence-electron chi connectivity index (χ0n) is 18.6. The molecule has 2 aliphatic rings. The lowest BCUT2D eigenvalue weighted by atomic mass is 9.92. The first-order valence-corrected chi connectivity index (χ1v) is 11.1. The Balaban J connectivity index is 1.49. The molecule has 1 aromatic carbocycles. The molecule has 2 N–H and O–H groups in total. The van der Waals surface area contributed by atoms with Gasteiger partial charge in [-0.3, -0.25) is 10.1 Å². The first-order chi connectivity index (χ1) is 15.4. The van der Waals surface area contributed by atoms with Crippen LogP contribution in [0.4, 0.5) is 28.8 Å². The fourth-order valence-electron chi connectivity index (χ4n) is 4.38. The van der Waals surface area contributed by atoms with Crippen molar-refractivity contribution in [1.29, 1.82) is 0 Å². The minimum atomic E-state index is -0.446. The lowest BCUT2D eigenvalue weighted by molar-refractivity contribution is -0.384. The molecule has 32 heavy (non-hydrogen) atoms. The van der Waals surface area contributed by atoms with Crippen molar-refractivity contribution in [3.05, 3.63) is 40.6 Å². The van der Waals surface area contributed by atoms with Crippen molar-refractivity contribution in [2.45, 2.75) is 37.8 Å². The molecular formula is C22H31N7O3. The summed E-state index contributed by atoms with van der Waals surface area (Å²) in [4.78, 5) is 26.3. The summed E-state index contributed by atoms with van der Waals surface area (Å²) in [6.07, 6.45) is 3.91. The van der Waals surface area contributed by atoms with Crippen LogP contribution in [0.5, 0.6) is 0 Å². The van der Waals surface area contributed by atoms with Crippen molar-refractivity contribution in [2.24, 2.45) is 0 Å². The van der Waals surface area contributed by atoms with Gasteiger partial charge in [0, 0.05) is 50.6 Å². The summed E-state index contributed by atoms with van der Waals surface area (Å²) in [6.45, 7) is 4.10. The molecule has 0 atom stereocenters. The van der Waals surface area contributed by atoms with Crippen molar-refractivity contribution in [3.63, 3.8) is 0 Å². The summed E-state index contributed by atoms with van der Waals surface area (Å²) in [6, 6.07) is 8.19. The molecule has 10 nitrogen and oxygen atoms in total. The van der Waals surface area contributed by atoms with Crippen molar-refractivity contribution in [2.75, 3.05) is 55.4 Å². The third-order valence-corrected chi connectivity index (χ3v) is 6.49. The molecule has 1 saturated carbocycles. The van der Waals surface area contributed by atoms with Gasteiger partial charge in [0.05, 0.1) is 11.0 Å². The van der Waals surface area contributed by atoms with E-state index in [0.717, 1.165) is 44.7 Å². The summed E-state index contributed by atoms with van der Waals surface area (Å²) >= 11 is 0. The topological polar surface area (TPSA) is 111 Å². The molecule has 1 aliphatic heterocycles. The summed E-state index contributed by atoms with van der Waals surface area (Å²) in [7, 11) is 3.96. The van der Waals surface area contributed by atoms with Crippen LogP contribution in [0.3, 0.4) is 0 Å². The maximum Gasteiger partial charge on any atom is 0.329 e. The van der Waals surface area contributed by atoms with Crippen molar-refractivity contribution in [3.8, 4) is 0 Å². The molecular weight excluding hydrogens is 410 g/mol. The predicted molar refractivity (Wildman–Crippen MR) is 125 cm³/mol. The van der Waals surface area contributed by atoms with E-state index in [1.165, 1.54) is 11.9 Å². The highest BCUT2D eigenvalue weighted by Crippen LogP contribution is 2.32. The van der Waals surface area contributed by atoms with Gasteiger partial charge in [-0.1, -0.05) is 0 Å². The molecule has 1 saturated heterocycles. The second-order valence-corrected chi connectivity index (χ2v) is 8.70. The van der Waals surface area contributed by atoms with Crippen LogP contribution >= 0.6 is 0 Å². The molecule has 2 fully saturated rings. The fourth-order valence-corrected chi connectivity index (χ4v) is 4.38. The van der Waals surface area contributed by atoms with E-state index in [-0.39, 0.29) is 17.8 Å². The van der Waals surface area contributed by atoms with Crippen molar-refractivity contribution < 1.29 is 10.0 Å². The minimum absolute atomic E-state index is 0.0997. The van der Waals surface area contributed by atoms with Crippen LogP contribution in [-0.4, -0.2) is 77.3 Å². The van der Waals surface area contributed by atoms with E-state index in [0.29, 0.717) is 24.6 Å². The van der Waals surface area contributed by atoms with E-state index >= 15 is 0 Å². The van der Waals surface area contributed by atoms with Gasteiger partial charge in [-0.25, -0.2) is 4.98 Å². The number of anilines is 4. The Hall–Kier alpha value is -2.98. The van der Waals surface area contributed by atoms with Crippen LogP contribution in [0.2, 0.25) is 0 Å². The fraction of sp³-hybridized carbons (Fsp3) is 0.545. The summed E-state index contributed by atoms with van der Waals surface area (Å²) in [5.74, 6) is 0.614. The third kappa shape index (κ3) is 5.08. The average molecular weight is 442 g/mol. The Bertz CT molecular complexity index is 924. The Morgan fingerprint density at radius 2 is 1.78 bits per heavy atom. The van der Waals surface area contributed by atoms with Crippen LogP contribution in [0.15, 0.2) is 30.5 Å². The SMILES string of the molecule is CN1CCN(c2ccc(Nc3ncc([N+](=O)[O-])c(N(C)[C@H]4CC[C@H](O)CC4)n3)cc2)CC1. The number of piperazine rings is 1. The zero-order chi connectivity index (χ0) is 22.7. The number of hydrogen-bond donors (Lipinski definition) is 2. The molecule has 0 spiro atoms. The number of aliphatic hydroxyl groups is 1. The Kier molecular flexibility index (Phi) is 6.71. The summed E-state index contributed by atoms with van der Waals surface area (Å²) in [5, 5.41) is 24.5. The molecule has 4 rings (SSSR count). The molecule has 10 heteroatoms. The number of nitrogens with zero attached hydrogens (tertiary/aromatic N) is 6. The molecule has 1 aliphatic carbocycles. The Labute approximate surface area is 188 Å². The minimum Gasteiger partial charge on any atom is -0.393 e. The highest BCUT2D eigenvalue weighted by molar-refractivity contribution is 5.63. The smallest absolute Gasteiger partial charge is 0.329 e. The third-order valence-electron chi connectivity index (χ3n) is 6.49. The van der Waals surface area contributed by atoms with Gasteiger partial charge < -0.3 is 25.1 Å². The number of rotatable bonds is 6. The molecule has 1 aromatic heterocycles. The molecule has 2 heterocycles. The van der Waals surface area contributed by atoms with Gasteiger partial charge in [-0.05, 0) is 57.0 Å². The second kappa shape index (κ2) is 9.66. The maximum atomic E-state index is 11.6. The van der Waals surface area contributed by atoms with E-state index in [4.69, 9.17) is 0 Å². The van der Waals surface area contributed by atoms with Crippen LogP contribution in [-0.2, 0) is 0 Å². The number of nitrogens with one attached hydrogen (secondary N) is 1. The zero-order valence-corrected chi connectivity index (χ0v) is 18.6. The highest BCUT2D eigenvalue weighted by Gasteiger charge is 2.29. The first kappa shape index (κ1) is 22.2. The van der Waals surface area contributed by atoms with Gasteiger partial charge >= 0.3 is 5.69 Å². The van der Waals surface area contributed by atoms with E-state index in [9.17, 15) is 15.2 Å². The van der Waals surface area contributed by atoms with Gasteiger partial charge in [0.15, 0.2) is 0 Å². The largest absolute Gasteiger partial charge is 0.393 e. The predicted octanol–water partition coefficient (Wildman–Crippen LogP) is 2.62. The van der Waals surface area contributed by atoms with Crippen LogP contribution in [0.1, 0.15) is 25.7 Å². The molecule has 0 radical (unpaired) electrons. The van der Waals surface area contributed by atoms with Gasteiger partial charge in [0.2, 0.25) is 11.8 Å². The maximum absolute atomic E-state index is 11.6. The number of hydrogen-bond acceptors (Lipinski definition) is 9. The molecule has 2 aromatic rings. The number of nitro groups is 1. The second-order valence-electron chi connectivity index (χ2n) is 8.70. The van der Waals surface area contributed by atoms with E-state index in [1.54, 1.807) is 0 Å². The van der Waals surface area contributed by atoms with E-state index in [2.05, 4.69) is 44.3 Å². The lowest BCUT2D eigenvalue weighted by Gasteiger charge is -2.34. The highest BCUT2D eigenvalue weighted by atomic mass is 16.6. The van der Waals surface area contributed by atoms with Crippen LogP contribution in [0, 0.1) is 10.1 Å². The van der Waals surface area contributed by atoms with E-state index < -0.39 is 4.92 Å². The lowest BCUT2D eigenvalue weighted by Crippen LogP contribution is -2.44. The molecule has 0 unspecified atom stereocenters. The normalized spacial score (nSPS) is 21.9. The van der Waals surface area contributed by atoms with Crippen LogP contribution < -0.4 is 15.1 Å². The number of benzene rings is 1. The monoisotopic (exact) mass is 441 g/mol. The van der Waals surface area contributed by atoms with Crippen molar-refractivity contribution >= 4 is 28.8 Å². The molecule has 0 amide bonds.